The molecular formula is C21H16ClN3O. The van der Waals surface area contributed by atoms with Gasteiger partial charge in [-0.1, -0.05) is 35.9 Å². The minimum atomic E-state index is 0.698. The molecule has 0 aliphatic rings. The molecule has 26 heavy (non-hydrogen) atoms. The number of aromatic amines is 1. The molecule has 0 bridgehead atoms. The van der Waals surface area contributed by atoms with E-state index in [4.69, 9.17) is 21.3 Å². The van der Waals surface area contributed by atoms with Crippen LogP contribution in [0.5, 0.6) is 5.75 Å². The van der Waals surface area contributed by atoms with Crippen LogP contribution in [0.25, 0.3) is 33.9 Å². The van der Waals surface area contributed by atoms with Crippen molar-refractivity contribution in [3.05, 3.63) is 78.1 Å². The van der Waals surface area contributed by atoms with Gasteiger partial charge in [-0.25, -0.2) is 4.98 Å². The molecule has 2 aromatic carbocycles. The predicted molar refractivity (Wildman–Crippen MR) is 104 cm³/mol. The summed E-state index contributed by atoms with van der Waals surface area (Å²) in [6.07, 6.45) is 3.52. The Hall–Kier alpha value is -3.11. The summed E-state index contributed by atoms with van der Waals surface area (Å²) in [4.78, 5) is 12.4. The van der Waals surface area contributed by atoms with Gasteiger partial charge in [0.05, 0.1) is 24.1 Å². The number of para-hydroxylation sites is 1. The molecular weight excluding hydrogens is 346 g/mol. The summed E-state index contributed by atoms with van der Waals surface area (Å²) < 4.78 is 5.49. The number of H-pyrrole nitrogens is 1. The summed E-state index contributed by atoms with van der Waals surface area (Å²) in [5.74, 6) is 1.52. The lowest BCUT2D eigenvalue weighted by molar-refractivity contribution is 0.416. The first-order valence-electron chi connectivity index (χ1n) is 8.16. The van der Waals surface area contributed by atoms with Gasteiger partial charge in [-0.05, 0) is 36.4 Å². The van der Waals surface area contributed by atoms with Gasteiger partial charge >= 0.3 is 0 Å². The van der Waals surface area contributed by atoms with Crippen molar-refractivity contribution in [2.75, 3.05) is 7.11 Å². The third-order valence-corrected chi connectivity index (χ3v) is 4.40. The minimum absolute atomic E-state index is 0.698. The van der Waals surface area contributed by atoms with Crippen LogP contribution < -0.4 is 4.74 Å². The molecule has 128 valence electrons. The summed E-state index contributed by atoms with van der Waals surface area (Å²) in [7, 11) is 1.66. The molecule has 2 heterocycles. The molecule has 0 saturated carbocycles. The van der Waals surface area contributed by atoms with Crippen LogP contribution in [0.2, 0.25) is 5.02 Å². The van der Waals surface area contributed by atoms with Crippen LogP contribution in [0.1, 0.15) is 0 Å². The molecule has 2 aromatic heterocycles. The Bertz CT molecular complexity index is 1030. The lowest BCUT2D eigenvalue weighted by Gasteiger charge is -2.05. The van der Waals surface area contributed by atoms with Gasteiger partial charge in [-0.3, -0.25) is 4.98 Å². The van der Waals surface area contributed by atoms with E-state index in [0.717, 1.165) is 39.7 Å². The van der Waals surface area contributed by atoms with E-state index in [1.54, 1.807) is 19.5 Å². The summed E-state index contributed by atoms with van der Waals surface area (Å²) >= 11 is 6.05. The van der Waals surface area contributed by atoms with Crippen LogP contribution in [0.3, 0.4) is 0 Å². The molecule has 0 fully saturated rings. The van der Waals surface area contributed by atoms with E-state index in [9.17, 15) is 0 Å². The van der Waals surface area contributed by atoms with Crippen LogP contribution in [-0.4, -0.2) is 22.1 Å². The van der Waals surface area contributed by atoms with Crippen LogP contribution in [0, 0.1) is 0 Å². The monoisotopic (exact) mass is 361 g/mol. The fourth-order valence-corrected chi connectivity index (χ4v) is 3.01. The first-order valence-corrected chi connectivity index (χ1v) is 8.54. The van der Waals surface area contributed by atoms with Crippen LogP contribution >= 0.6 is 11.6 Å². The fraction of sp³-hybridized carbons (Fsp3) is 0.0476. The number of benzene rings is 2. The van der Waals surface area contributed by atoms with Gasteiger partial charge in [-0.15, -0.1) is 0 Å². The lowest BCUT2D eigenvalue weighted by Crippen LogP contribution is -1.88. The maximum atomic E-state index is 6.05. The topological polar surface area (TPSA) is 50.8 Å². The van der Waals surface area contributed by atoms with Gasteiger partial charge in [0.2, 0.25) is 0 Å². The molecule has 0 atom stereocenters. The SMILES string of the molecule is COc1ccccc1-c1nc(-c2ccncc2)c(-c2ccc(Cl)cc2)[nH]1. The number of hydrogen-bond acceptors (Lipinski definition) is 3. The Labute approximate surface area is 156 Å². The van der Waals surface area contributed by atoms with E-state index in [1.807, 2.05) is 60.7 Å². The highest BCUT2D eigenvalue weighted by atomic mass is 35.5. The van der Waals surface area contributed by atoms with Gasteiger partial charge in [0.15, 0.2) is 0 Å². The van der Waals surface area contributed by atoms with E-state index in [1.165, 1.54) is 0 Å². The molecule has 0 unspecified atom stereocenters. The Balaban J connectivity index is 1.92. The molecule has 0 aliphatic heterocycles. The first-order chi connectivity index (χ1) is 12.8. The fourth-order valence-electron chi connectivity index (χ4n) is 2.89. The average Bonchev–Trinajstić information content (AvgIpc) is 3.14. The number of halogens is 1. The maximum Gasteiger partial charge on any atom is 0.142 e. The largest absolute Gasteiger partial charge is 0.496 e. The van der Waals surface area contributed by atoms with Crippen molar-refractivity contribution in [1.82, 2.24) is 15.0 Å². The molecule has 4 nitrogen and oxygen atoms in total. The van der Waals surface area contributed by atoms with Gasteiger partial charge in [0.1, 0.15) is 11.6 Å². The highest BCUT2D eigenvalue weighted by Crippen LogP contribution is 2.35. The average molecular weight is 362 g/mol. The van der Waals surface area contributed by atoms with Gasteiger partial charge in [-0.2, -0.15) is 0 Å². The predicted octanol–water partition coefficient (Wildman–Crippen LogP) is 5.47. The summed E-state index contributed by atoms with van der Waals surface area (Å²) in [5, 5.41) is 0.698. The van der Waals surface area contributed by atoms with Crippen molar-refractivity contribution in [2.24, 2.45) is 0 Å². The Morgan fingerprint density at radius 3 is 2.35 bits per heavy atom. The third kappa shape index (κ3) is 3.07. The van der Waals surface area contributed by atoms with Crippen LogP contribution in [-0.2, 0) is 0 Å². The number of imidazole rings is 1. The number of hydrogen-bond donors (Lipinski definition) is 1. The number of rotatable bonds is 4. The Kier molecular flexibility index (Phi) is 4.42. The van der Waals surface area contributed by atoms with E-state index < -0.39 is 0 Å². The molecule has 0 amide bonds. The van der Waals surface area contributed by atoms with Crippen LogP contribution in [0.4, 0.5) is 0 Å². The van der Waals surface area contributed by atoms with Crippen molar-refractivity contribution < 1.29 is 4.74 Å². The van der Waals surface area contributed by atoms with Crippen molar-refractivity contribution in [1.29, 1.82) is 0 Å². The van der Waals surface area contributed by atoms with E-state index in [-0.39, 0.29) is 0 Å². The number of methoxy groups -OCH3 is 1. The second-order valence-corrected chi connectivity index (χ2v) is 6.19. The second-order valence-electron chi connectivity index (χ2n) is 5.75. The van der Waals surface area contributed by atoms with Crippen molar-refractivity contribution in [3.8, 4) is 39.7 Å². The molecule has 0 saturated heterocycles. The zero-order chi connectivity index (χ0) is 17.9. The van der Waals surface area contributed by atoms with E-state index >= 15 is 0 Å². The summed E-state index contributed by atoms with van der Waals surface area (Å²) in [5.41, 5.74) is 4.69. The van der Waals surface area contributed by atoms with Gasteiger partial charge in [0, 0.05) is 28.5 Å². The molecule has 0 radical (unpaired) electrons. The summed E-state index contributed by atoms with van der Waals surface area (Å²) in [6.45, 7) is 0. The van der Waals surface area contributed by atoms with Crippen molar-refractivity contribution in [3.63, 3.8) is 0 Å². The quantitative estimate of drug-likeness (QED) is 0.524. The van der Waals surface area contributed by atoms with Crippen molar-refractivity contribution >= 4 is 11.6 Å². The highest BCUT2D eigenvalue weighted by molar-refractivity contribution is 6.30. The smallest absolute Gasteiger partial charge is 0.142 e. The normalized spacial score (nSPS) is 10.7. The maximum absolute atomic E-state index is 6.05. The zero-order valence-corrected chi connectivity index (χ0v) is 14.9. The third-order valence-electron chi connectivity index (χ3n) is 4.15. The van der Waals surface area contributed by atoms with Crippen LogP contribution in [0.15, 0.2) is 73.1 Å². The molecule has 1 N–H and O–H groups in total. The minimum Gasteiger partial charge on any atom is -0.496 e. The summed E-state index contributed by atoms with van der Waals surface area (Å²) in [6, 6.07) is 19.4. The number of ether oxygens (including phenoxy) is 1. The van der Waals surface area contributed by atoms with E-state index in [2.05, 4.69) is 9.97 Å². The molecule has 0 spiro atoms. The number of nitrogens with zero attached hydrogens (tertiary/aromatic N) is 2. The standard InChI is InChI=1S/C21H16ClN3O/c1-26-18-5-3-2-4-17(18)21-24-19(14-6-8-16(22)9-7-14)20(25-21)15-10-12-23-13-11-15/h2-13H,1H3,(H,24,25). The van der Waals surface area contributed by atoms with Crippen molar-refractivity contribution in [2.45, 2.75) is 0 Å². The number of aromatic nitrogens is 3. The highest BCUT2D eigenvalue weighted by Gasteiger charge is 2.17. The number of nitrogens with one attached hydrogen (secondary N) is 1. The second kappa shape index (κ2) is 7.02. The lowest BCUT2D eigenvalue weighted by atomic mass is 10.1. The van der Waals surface area contributed by atoms with E-state index in [0.29, 0.717) is 5.02 Å². The number of pyridine rings is 1. The van der Waals surface area contributed by atoms with Gasteiger partial charge < -0.3 is 9.72 Å². The molecule has 5 heteroatoms. The molecule has 4 aromatic rings. The first kappa shape index (κ1) is 16.4. The Morgan fingerprint density at radius 1 is 0.885 bits per heavy atom. The Morgan fingerprint density at radius 2 is 1.62 bits per heavy atom. The molecule has 0 aliphatic carbocycles. The molecule has 4 rings (SSSR count). The zero-order valence-electron chi connectivity index (χ0n) is 14.1. The van der Waals surface area contributed by atoms with Gasteiger partial charge in [0.25, 0.3) is 0 Å².